The van der Waals surface area contributed by atoms with E-state index < -0.39 is 5.97 Å². The number of nitrogens with one attached hydrogen (secondary N) is 1. The van der Waals surface area contributed by atoms with Crippen molar-refractivity contribution >= 4 is 12.0 Å². The zero-order chi connectivity index (χ0) is 14.3. The molecule has 6 heteroatoms. The van der Waals surface area contributed by atoms with Crippen molar-refractivity contribution in [3.8, 4) is 0 Å². The van der Waals surface area contributed by atoms with E-state index in [1.165, 1.54) is 12.3 Å². The number of nitrogens with zero attached hydrogens (tertiary/aromatic N) is 2. The van der Waals surface area contributed by atoms with Crippen LogP contribution < -0.4 is 5.32 Å². The lowest BCUT2D eigenvalue weighted by molar-refractivity contribution is 0.0690. The molecule has 0 aliphatic rings. The molecule has 19 heavy (non-hydrogen) atoms. The third kappa shape index (κ3) is 4.42. The third-order valence-corrected chi connectivity index (χ3v) is 2.51. The average molecular weight is 263 g/mol. The van der Waals surface area contributed by atoms with E-state index >= 15 is 0 Å². The molecule has 0 aliphatic carbocycles. The lowest BCUT2D eigenvalue weighted by Gasteiger charge is -2.19. The van der Waals surface area contributed by atoms with Gasteiger partial charge >= 0.3 is 12.0 Å². The molecule has 0 spiro atoms. The maximum Gasteiger partial charge on any atom is 0.354 e. The number of hydrogen-bond donors (Lipinski definition) is 2. The van der Waals surface area contributed by atoms with E-state index in [9.17, 15) is 9.59 Å². The van der Waals surface area contributed by atoms with Crippen molar-refractivity contribution < 1.29 is 14.7 Å². The highest BCUT2D eigenvalue weighted by Crippen LogP contribution is 2.01. The van der Waals surface area contributed by atoms with Crippen LogP contribution in [0.4, 0.5) is 4.79 Å². The number of rotatable bonds is 6. The molecule has 0 saturated carbocycles. The van der Waals surface area contributed by atoms with Gasteiger partial charge in [-0.2, -0.15) is 0 Å². The number of aromatic carboxylic acids is 1. The molecule has 0 saturated heterocycles. The van der Waals surface area contributed by atoms with Gasteiger partial charge in [-0.05, 0) is 18.6 Å². The molecule has 1 aromatic rings. The van der Waals surface area contributed by atoms with Gasteiger partial charge < -0.3 is 15.3 Å². The van der Waals surface area contributed by atoms with Crippen LogP contribution in [0.15, 0.2) is 31.0 Å². The number of carboxylic acids is 1. The Morgan fingerprint density at radius 1 is 1.53 bits per heavy atom. The van der Waals surface area contributed by atoms with Gasteiger partial charge in [0.25, 0.3) is 0 Å². The Hall–Kier alpha value is -2.37. The Morgan fingerprint density at radius 2 is 2.26 bits per heavy atom. The first kappa shape index (κ1) is 14.7. The SMILES string of the molecule is C=CCN(CC)C(=O)NCc1ccc(C(=O)O)nc1. The lowest BCUT2D eigenvalue weighted by Crippen LogP contribution is -2.39. The second-order valence-electron chi connectivity index (χ2n) is 3.84. The fourth-order valence-electron chi connectivity index (χ4n) is 1.46. The molecule has 2 N–H and O–H groups in total. The topological polar surface area (TPSA) is 82.5 Å². The predicted molar refractivity (Wildman–Crippen MR) is 70.9 cm³/mol. The summed E-state index contributed by atoms with van der Waals surface area (Å²) in [5.74, 6) is -1.07. The van der Waals surface area contributed by atoms with Crippen molar-refractivity contribution in [2.45, 2.75) is 13.5 Å². The van der Waals surface area contributed by atoms with E-state index in [0.29, 0.717) is 19.6 Å². The summed E-state index contributed by atoms with van der Waals surface area (Å²) in [5.41, 5.74) is 0.727. The molecule has 1 aromatic heterocycles. The smallest absolute Gasteiger partial charge is 0.354 e. The van der Waals surface area contributed by atoms with Crippen LogP contribution in [0.3, 0.4) is 0 Å². The second kappa shape index (κ2) is 7.15. The maximum absolute atomic E-state index is 11.8. The molecular formula is C13H17N3O3. The molecule has 0 bridgehead atoms. The Morgan fingerprint density at radius 3 is 2.74 bits per heavy atom. The van der Waals surface area contributed by atoms with Gasteiger partial charge in [0.1, 0.15) is 5.69 Å². The molecule has 0 aromatic carbocycles. The first-order valence-corrected chi connectivity index (χ1v) is 5.90. The molecular weight excluding hydrogens is 246 g/mol. The first-order valence-electron chi connectivity index (χ1n) is 5.90. The molecule has 0 radical (unpaired) electrons. The Kier molecular flexibility index (Phi) is 5.53. The summed E-state index contributed by atoms with van der Waals surface area (Å²) in [5, 5.41) is 11.4. The monoisotopic (exact) mass is 263 g/mol. The van der Waals surface area contributed by atoms with Crippen molar-refractivity contribution in [3.05, 3.63) is 42.2 Å². The number of pyridine rings is 1. The summed E-state index contributed by atoms with van der Waals surface area (Å²) < 4.78 is 0. The fraction of sp³-hybridized carbons (Fsp3) is 0.308. The highest BCUT2D eigenvalue weighted by molar-refractivity contribution is 5.85. The minimum Gasteiger partial charge on any atom is -0.477 e. The number of urea groups is 1. The van der Waals surface area contributed by atoms with E-state index in [1.54, 1.807) is 17.0 Å². The fourth-order valence-corrected chi connectivity index (χ4v) is 1.46. The van der Waals surface area contributed by atoms with Crippen LogP contribution in [0.2, 0.25) is 0 Å². The van der Waals surface area contributed by atoms with Crippen molar-refractivity contribution in [1.29, 1.82) is 0 Å². The molecule has 1 rings (SSSR count). The summed E-state index contributed by atoms with van der Waals surface area (Å²) in [6, 6.07) is 2.84. The Balaban J connectivity index is 2.54. The largest absolute Gasteiger partial charge is 0.477 e. The van der Waals surface area contributed by atoms with Gasteiger partial charge in [-0.25, -0.2) is 14.6 Å². The summed E-state index contributed by atoms with van der Waals surface area (Å²) in [4.78, 5) is 27.8. The standard InChI is InChI=1S/C13H17N3O3/c1-3-7-16(4-2)13(19)15-9-10-5-6-11(12(17)18)14-8-10/h3,5-6,8H,1,4,7,9H2,2H3,(H,15,19)(H,17,18). The number of likely N-dealkylation sites (N-methyl/N-ethyl adjacent to an activating group) is 1. The van der Waals surface area contributed by atoms with Gasteiger partial charge in [0, 0.05) is 25.8 Å². The van der Waals surface area contributed by atoms with Crippen molar-refractivity contribution in [2.24, 2.45) is 0 Å². The van der Waals surface area contributed by atoms with Crippen molar-refractivity contribution in [1.82, 2.24) is 15.2 Å². The van der Waals surface area contributed by atoms with Crippen LogP contribution in [0.25, 0.3) is 0 Å². The predicted octanol–water partition coefficient (Wildman–Crippen LogP) is 1.50. The molecule has 0 aliphatic heterocycles. The summed E-state index contributed by atoms with van der Waals surface area (Å²) >= 11 is 0. The number of aromatic nitrogens is 1. The van der Waals surface area contributed by atoms with Gasteiger partial charge in [-0.3, -0.25) is 0 Å². The quantitative estimate of drug-likeness (QED) is 0.762. The lowest BCUT2D eigenvalue weighted by atomic mass is 10.2. The number of amides is 2. The van der Waals surface area contributed by atoms with Crippen LogP contribution in [0, 0.1) is 0 Å². The third-order valence-electron chi connectivity index (χ3n) is 2.51. The number of carbonyl (C=O) groups is 2. The molecule has 0 unspecified atom stereocenters. The zero-order valence-corrected chi connectivity index (χ0v) is 10.8. The van der Waals surface area contributed by atoms with Crippen LogP contribution in [0.5, 0.6) is 0 Å². The average Bonchev–Trinajstić information content (AvgIpc) is 2.42. The number of carbonyl (C=O) groups excluding carboxylic acids is 1. The molecule has 0 fully saturated rings. The van der Waals surface area contributed by atoms with Crippen molar-refractivity contribution in [3.63, 3.8) is 0 Å². The number of hydrogen-bond acceptors (Lipinski definition) is 3. The van der Waals surface area contributed by atoms with E-state index in [2.05, 4.69) is 16.9 Å². The highest BCUT2D eigenvalue weighted by atomic mass is 16.4. The number of carboxylic acid groups (broad SMARTS) is 1. The minimum absolute atomic E-state index is 0.0167. The first-order chi connectivity index (χ1) is 9.08. The molecule has 0 atom stereocenters. The van der Waals surface area contributed by atoms with Gasteiger partial charge in [-0.15, -0.1) is 6.58 Å². The molecule has 102 valence electrons. The van der Waals surface area contributed by atoms with Gasteiger partial charge in [0.2, 0.25) is 0 Å². The Labute approximate surface area is 111 Å². The second-order valence-corrected chi connectivity index (χ2v) is 3.84. The summed E-state index contributed by atoms with van der Waals surface area (Å²) in [6.45, 7) is 6.85. The van der Waals surface area contributed by atoms with Crippen LogP contribution in [-0.2, 0) is 6.54 Å². The van der Waals surface area contributed by atoms with Gasteiger partial charge in [0.05, 0.1) is 0 Å². The van der Waals surface area contributed by atoms with E-state index in [4.69, 9.17) is 5.11 Å². The van der Waals surface area contributed by atoms with Crippen molar-refractivity contribution in [2.75, 3.05) is 13.1 Å². The zero-order valence-electron chi connectivity index (χ0n) is 10.8. The van der Waals surface area contributed by atoms with E-state index in [0.717, 1.165) is 5.56 Å². The van der Waals surface area contributed by atoms with Gasteiger partial charge in [-0.1, -0.05) is 12.1 Å². The normalized spacial score (nSPS) is 9.74. The van der Waals surface area contributed by atoms with E-state index in [-0.39, 0.29) is 11.7 Å². The van der Waals surface area contributed by atoms with E-state index in [1.807, 2.05) is 6.92 Å². The summed E-state index contributed by atoms with van der Waals surface area (Å²) in [6.07, 6.45) is 3.10. The Bertz CT molecular complexity index is 457. The van der Waals surface area contributed by atoms with Gasteiger partial charge in [0.15, 0.2) is 0 Å². The van der Waals surface area contributed by atoms with Crippen LogP contribution in [-0.4, -0.2) is 40.1 Å². The molecule has 1 heterocycles. The molecule has 6 nitrogen and oxygen atoms in total. The van der Waals surface area contributed by atoms with Crippen LogP contribution in [0.1, 0.15) is 23.0 Å². The van der Waals surface area contributed by atoms with Crippen LogP contribution >= 0.6 is 0 Å². The highest BCUT2D eigenvalue weighted by Gasteiger charge is 2.09. The maximum atomic E-state index is 11.8. The minimum atomic E-state index is -1.07. The summed E-state index contributed by atoms with van der Waals surface area (Å²) in [7, 11) is 0. The molecule has 2 amide bonds.